The molecule has 148 valence electrons. The number of piperidine rings is 1. The minimum Gasteiger partial charge on any atom is -0.355 e. The lowest BCUT2D eigenvalue weighted by atomic mass is 9.82. The molecule has 3 fully saturated rings. The molecule has 0 aromatic heterocycles. The Labute approximate surface area is 157 Å². The Morgan fingerprint density at radius 3 is 2.15 bits per heavy atom. The van der Waals surface area contributed by atoms with Crippen molar-refractivity contribution in [1.82, 2.24) is 20.9 Å². The average Bonchev–Trinajstić information content (AvgIpc) is 3.03. The molecule has 0 bridgehead atoms. The molecule has 0 spiro atoms. The predicted octanol–water partition coefficient (Wildman–Crippen LogP) is 2.25. The van der Waals surface area contributed by atoms with Crippen LogP contribution in [-0.2, 0) is 4.79 Å². The Kier molecular flexibility index (Phi) is 7.17. The summed E-state index contributed by atoms with van der Waals surface area (Å²) in [6.45, 7) is 5.03. The number of hydrogen-bond acceptors (Lipinski definition) is 3. The van der Waals surface area contributed by atoms with E-state index >= 15 is 0 Å². The van der Waals surface area contributed by atoms with Gasteiger partial charge in [-0.3, -0.25) is 9.69 Å². The highest BCUT2D eigenvalue weighted by Crippen LogP contribution is 2.42. The van der Waals surface area contributed by atoms with Gasteiger partial charge in [-0.2, -0.15) is 0 Å². The Morgan fingerprint density at radius 2 is 1.54 bits per heavy atom. The second-order valence-electron chi connectivity index (χ2n) is 8.49. The van der Waals surface area contributed by atoms with Crippen molar-refractivity contribution in [2.75, 3.05) is 26.2 Å². The van der Waals surface area contributed by atoms with Crippen molar-refractivity contribution in [3.63, 3.8) is 0 Å². The van der Waals surface area contributed by atoms with Gasteiger partial charge in [0.05, 0.1) is 6.54 Å². The molecule has 0 radical (unpaired) electrons. The molecule has 3 atom stereocenters. The van der Waals surface area contributed by atoms with Crippen LogP contribution in [0.15, 0.2) is 0 Å². The topological polar surface area (TPSA) is 73.5 Å². The monoisotopic (exact) mass is 364 g/mol. The summed E-state index contributed by atoms with van der Waals surface area (Å²) in [5, 5.41) is 9.30. The lowest BCUT2D eigenvalue weighted by Gasteiger charge is -2.32. The number of fused-ring (bicyclic) bond motifs is 1. The first kappa shape index (κ1) is 19.5. The maximum atomic E-state index is 12.4. The fourth-order valence-corrected chi connectivity index (χ4v) is 5.02. The minimum absolute atomic E-state index is 0.00721. The van der Waals surface area contributed by atoms with Crippen LogP contribution in [0.4, 0.5) is 4.79 Å². The fraction of sp³-hybridized carbons (Fsp3) is 0.900. The molecule has 0 aromatic rings. The van der Waals surface area contributed by atoms with Gasteiger partial charge in [-0.1, -0.05) is 32.6 Å². The van der Waals surface area contributed by atoms with Gasteiger partial charge in [0.1, 0.15) is 0 Å². The van der Waals surface area contributed by atoms with Crippen molar-refractivity contribution in [3.8, 4) is 0 Å². The highest BCUT2D eigenvalue weighted by Gasteiger charge is 2.36. The predicted molar refractivity (Wildman–Crippen MR) is 103 cm³/mol. The molecule has 3 aliphatic rings. The van der Waals surface area contributed by atoms with Crippen LogP contribution in [0.1, 0.15) is 64.7 Å². The Balaban J connectivity index is 1.31. The second kappa shape index (κ2) is 9.58. The maximum Gasteiger partial charge on any atom is 0.315 e. The molecule has 2 saturated carbocycles. The number of urea groups is 1. The first-order valence-electron chi connectivity index (χ1n) is 10.7. The van der Waals surface area contributed by atoms with E-state index < -0.39 is 0 Å². The summed E-state index contributed by atoms with van der Waals surface area (Å²) in [6, 6.07) is 0.604. The molecular weight excluding hydrogens is 328 g/mol. The molecule has 3 amide bonds. The van der Waals surface area contributed by atoms with Crippen LogP contribution in [0.2, 0.25) is 0 Å². The van der Waals surface area contributed by atoms with Gasteiger partial charge in [0.15, 0.2) is 0 Å². The number of carbonyl (C=O) groups excluding carboxylic acids is 2. The lowest BCUT2D eigenvalue weighted by molar-refractivity contribution is -0.122. The fourth-order valence-electron chi connectivity index (χ4n) is 5.02. The number of likely N-dealkylation sites (tertiary alicyclic amines) is 1. The summed E-state index contributed by atoms with van der Waals surface area (Å²) in [5.41, 5.74) is 0. The normalized spacial score (nSPS) is 29.8. The molecule has 1 saturated heterocycles. The van der Waals surface area contributed by atoms with Gasteiger partial charge in [-0.25, -0.2) is 4.79 Å². The van der Waals surface area contributed by atoms with Crippen molar-refractivity contribution in [3.05, 3.63) is 0 Å². The van der Waals surface area contributed by atoms with Gasteiger partial charge in [0, 0.05) is 31.7 Å². The minimum atomic E-state index is 0.00721. The van der Waals surface area contributed by atoms with Crippen molar-refractivity contribution in [1.29, 1.82) is 0 Å². The Morgan fingerprint density at radius 1 is 0.923 bits per heavy atom. The van der Waals surface area contributed by atoms with Gasteiger partial charge >= 0.3 is 6.03 Å². The van der Waals surface area contributed by atoms with Crippen LogP contribution in [0, 0.1) is 11.8 Å². The third kappa shape index (κ3) is 5.60. The first-order chi connectivity index (χ1) is 12.6. The zero-order chi connectivity index (χ0) is 18.4. The summed E-state index contributed by atoms with van der Waals surface area (Å²) in [6.07, 6.45) is 10.6. The van der Waals surface area contributed by atoms with E-state index in [2.05, 4.69) is 27.8 Å². The molecule has 0 aromatic carbocycles. The van der Waals surface area contributed by atoms with Crippen molar-refractivity contribution in [2.24, 2.45) is 11.8 Å². The molecule has 6 nitrogen and oxygen atoms in total. The second-order valence-corrected chi connectivity index (χ2v) is 8.49. The van der Waals surface area contributed by atoms with E-state index in [1.807, 2.05) is 0 Å². The zero-order valence-electron chi connectivity index (χ0n) is 16.3. The van der Waals surface area contributed by atoms with E-state index in [4.69, 9.17) is 0 Å². The molecule has 3 N–H and O–H groups in total. The van der Waals surface area contributed by atoms with Gasteiger partial charge in [0.25, 0.3) is 0 Å². The highest BCUT2D eigenvalue weighted by atomic mass is 16.2. The van der Waals surface area contributed by atoms with E-state index in [-0.39, 0.29) is 18.0 Å². The van der Waals surface area contributed by atoms with E-state index in [9.17, 15) is 9.59 Å². The van der Waals surface area contributed by atoms with Gasteiger partial charge in [-0.05, 0) is 43.9 Å². The van der Waals surface area contributed by atoms with Crippen LogP contribution in [0.5, 0.6) is 0 Å². The summed E-state index contributed by atoms with van der Waals surface area (Å²) in [5.74, 6) is 1.80. The Bertz CT molecular complexity index is 462. The van der Waals surface area contributed by atoms with E-state index in [0.717, 1.165) is 50.7 Å². The molecule has 6 heteroatoms. The number of amides is 3. The third-order valence-corrected chi connectivity index (χ3v) is 6.44. The molecule has 26 heavy (non-hydrogen) atoms. The molecule has 1 unspecified atom stereocenters. The van der Waals surface area contributed by atoms with E-state index in [1.165, 1.54) is 38.5 Å². The first-order valence-corrected chi connectivity index (χ1v) is 10.7. The van der Waals surface area contributed by atoms with Crippen LogP contribution < -0.4 is 16.0 Å². The summed E-state index contributed by atoms with van der Waals surface area (Å²) in [4.78, 5) is 26.3. The van der Waals surface area contributed by atoms with Crippen molar-refractivity contribution in [2.45, 2.75) is 76.8 Å². The standard InChI is InChI=1S/C20H36N4O2/c1-2-9-21-19(25)14-24-10-7-17(8-11-24)22-20(26)23-18-12-15-5-3-4-6-16(15)13-18/h15-18H,2-14H2,1H3,(H,21,25)(H2,22,23,26)/t15-,16+,18?. The van der Waals surface area contributed by atoms with Gasteiger partial charge < -0.3 is 16.0 Å². The van der Waals surface area contributed by atoms with Crippen molar-refractivity contribution < 1.29 is 9.59 Å². The quantitative estimate of drug-likeness (QED) is 0.677. The smallest absolute Gasteiger partial charge is 0.315 e. The summed E-state index contributed by atoms with van der Waals surface area (Å²) >= 11 is 0. The molecule has 1 aliphatic heterocycles. The zero-order valence-corrected chi connectivity index (χ0v) is 16.3. The highest BCUT2D eigenvalue weighted by molar-refractivity contribution is 5.78. The van der Waals surface area contributed by atoms with Crippen molar-refractivity contribution >= 4 is 11.9 Å². The number of nitrogens with one attached hydrogen (secondary N) is 3. The van der Waals surface area contributed by atoms with Crippen LogP contribution in [0.25, 0.3) is 0 Å². The van der Waals surface area contributed by atoms with Crippen LogP contribution in [-0.4, -0.2) is 55.1 Å². The maximum absolute atomic E-state index is 12.4. The number of rotatable bonds is 6. The van der Waals surface area contributed by atoms with Gasteiger partial charge in [0.2, 0.25) is 5.91 Å². The van der Waals surface area contributed by atoms with Crippen LogP contribution >= 0.6 is 0 Å². The molecule has 1 heterocycles. The average molecular weight is 365 g/mol. The number of carbonyl (C=O) groups is 2. The molecular formula is C20H36N4O2. The van der Waals surface area contributed by atoms with Crippen LogP contribution in [0.3, 0.4) is 0 Å². The molecule has 2 aliphatic carbocycles. The van der Waals surface area contributed by atoms with E-state index in [0.29, 0.717) is 12.6 Å². The number of nitrogens with zero attached hydrogens (tertiary/aromatic N) is 1. The molecule has 3 rings (SSSR count). The van der Waals surface area contributed by atoms with E-state index in [1.54, 1.807) is 0 Å². The summed E-state index contributed by atoms with van der Waals surface area (Å²) in [7, 11) is 0. The van der Waals surface area contributed by atoms with Gasteiger partial charge in [-0.15, -0.1) is 0 Å². The third-order valence-electron chi connectivity index (χ3n) is 6.44. The SMILES string of the molecule is CCCNC(=O)CN1CCC(NC(=O)NC2C[C@H]3CCCC[C@H]3C2)CC1. The largest absolute Gasteiger partial charge is 0.355 e. The Hall–Kier alpha value is -1.30. The lowest BCUT2D eigenvalue weighted by Crippen LogP contribution is -2.50. The number of hydrogen-bond donors (Lipinski definition) is 3. The summed E-state index contributed by atoms with van der Waals surface area (Å²) < 4.78 is 0.